The van der Waals surface area contributed by atoms with Crippen molar-refractivity contribution >= 4 is 22.4 Å². The number of carbonyl (C=O) groups is 1. The number of amides is 1. The largest absolute Gasteiger partial charge is 0.285 e. The van der Waals surface area contributed by atoms with Crippen LogP contribution in [0.2, 0.25) is 0 Å². The highest BCUT2D eigenvalue weighted by Crippen LogP contribution is 2.41. The van der Waals surface area contributed by atoms with Crippen LogP contribution in [0.25, 0.3) is 10.8 Å². The van der Waals surface area contributed by atoms with Crippen molar-refractivity contribution in [1.82, 2.24) is 0 Å². The average molecular weight is 302 g/mol. The van der Waals surface area contributed by atoms with Gasteiger partial charge >= 0.3 is 0 Å². The van der Waals surface area contributed by atoms with Gasteiger partial charge in [-0.25, -0.2) is 4.39 Å². The normalized spacial score (nSPS) is 16.4. The zero-order valence-corrected chi connectivity index (χ0v) is 12.0. The molecular weight excluding hydrogens is 291 g/mol. The smallest absolute Gasteiger partial charge is 0.260 e. The van der Waals surface area contributed by atoms with E-state index in [2.05, 4.69) is 6.07 Å². The lowest BCUT2D eigenvalue weighted by Crippen LogP contribution is -2.27. The number of halogens is 1. The van der Waals surface area contributed by atoms with Gasteiger partial charge in [0.05, 0.1) is 17.3 Å². The van der Waals surface area contributed by atoms with E-state index in [0.717, 1.165) is 10.8 Å². The first-order valence-electron chi connectivity index (χ1n) is 7.21. The number of hydrogen-bond acceptors (Lipinski definition) is 2. The van der Waals surface area contributed by atoms with Crippen molar-refractivity contribution in [1.29, 1.82) is 5.26 Å². The van der Waals surface area contributed by atoms with Gasteiger partial charge in [0.2, 0.25) is 0 Å². The lowest BCUT2D eigenvalue weighted by molar-refractivity contribution is 0.0995. The van der Waals surface area contributed by atoms with Gasteiger partial charge in [0, 0.05) is 5.56 Å². The molecule has 1 aliphatic rings. The van der Waals surface area contributed by atoms with Crippen molar-refractivity contribution in [3.63, 3.8) is 0 Å². The van der Waals surface area contributed by atoms with Crippen molar-refractivity contribution < 1.29 is 9.18 Å². The molecule has 0 saturated carbocycles. The molecular formula is C19H11FN2O. The summed E-state index contributed by atoms with van der Waals surface area (Å²) in [5, 5.41) is 11.3. The molecule has 110 valence electrons. The van der Waals surface area contributed by atoms with E-state index in [4.69, 9.17) is 0 Å². The van der Waals surface area contributed by atoms with E-state index in [-0.39, 0.29) is 11.6 Å². The van der Waals surface area contributed by atoms with E-state index in [1.54, 1.807) is 18.2 Å². The number of nitrogens with zero attached hydrogens (tertiary/aromatic N) is 2. The highest BCUT2D eigenvalue weighted by molar-refractivity contribution is 6.18. The van der Waals surface area contributed by atoms with Crippen LogP contribution < -0.4 is 4.90 Å². The molecule has 0 aromatic heterocycles. The average Bonchev–Trinajstić information content (AvgIpc) is 2.87. The van der Waals surface area contributed by atoms with Crippen LogP contribution >= 0.6 is 0 Å². The fraction of sp³-hybridized carbons (Fsp3) is 0.0526. The molecule has 0 aliphatic carbocycles. The molecule has 0 fully saturated rings. The molecule has 1 atom stereocenters. The molecule has 0 N–H and O–H groups in total. The number of benzene rings is 3. The Bertz CT molecular complexity index is 990. The summed E-state index contributed by atoms with van der Waals surface area (Å²) in [6.07, 6.45) is 0. The van der Waals surface area contributed by atoms with Crippen LogP contribution in [0, 0.1) is 17.1 Å². The molecule has 3 aromatic carbocycles. The van der Waals surface area contributed by atoms with E-state index in [1.807, 2.05) is 30.3 Å². The van der Waals surface area contributed by atoms with Crippen molar-refractivity contribution in [2.45, 2.75) is 6.04 Å². The van der Waals surface area contributed by atoms with Crippen LogP contribution in [0.5, 0.6) is 0 Å². The van der Waals surface area contributed by atoms with Crippen LogP contribution in [-0.2, 0) is 0 Å². The SMILES string of the molecule is N#CC1c2ccc3ccccc3c2C(=O)N1c1ccccc1F. The summed E-state index contributed by atoms with van der Waals surface area (Å²) in [6, 6.07) is 18.5. The molecule has 0 radical (unpaired) electrons. The van der Waals surface area contributed by atoms with Gasteiger partial charge in [0.1, 0.15) is 5.82 Å². The van der Waals surface area contributed by atoms with Crippen molar-refractivity contribution in [3.05, 3.63) is 77.6 Å². The number of anilines is 1. The molecule has 4 heteroatoms. The molecule has 1 unspecified atom stereocenters. The summed E-state index contributed by atoms with van der Waals surface area (Å²) in [7, 11) is 0. The number of rotatable bonds is 1. The van der Waals surface area contributed by atoms with Crippen molar-refractivity contribution in [2.24, 2.45) is 0 Å². The zero-order chi connectivity index (χ0) is 16.0. The summed E-state index contributed by atoms with van der Waals surface area (Å²) < 4.78 is 14.2. The molecule has 1 aliphatic heterocycles. The highest BCUT2D eigenvalue weighted by Gasteiger charge is 2.40. The van der Waals surface area contributed by atoms with Crippen LogP contribution in [-0.4, -0.2) is 5.91 Å². The van der Waals surface area contributed by atoms with Gasteiger partial charge in [-0.2, -0.15) is 5.26 Å². The molecule has 3 aromatic rings. The number of fused-ring (bicyclic) bond motifs is 3. The summed E-state index contributed by atoms with van der Waals surface area (Å²) in [6.45, 7) is 0. The topological polar surface area (TPSA) is 44.1 Å². The maximum atomic E-state index is 14.2. The molecule has 1 amide bonds. The quantitative estimate of drug-likeness (QED) is 0.676. The third kappa shape index (κ3) is 1.84. The van der Waals surface area contributed by atoms with Gasteiger partial charge in [-0.05, 0) is 22.9 Å². The summed E-state index contributed by atoms with van der Waals surface area (Å²) in [5.74, 6) is -0.855. The van der Waals surface area contributed by atoms with Gasteiger partial charge in [-0.15, -0.1) is 0 Å². The number of nitriles is 1. The van der Waals surface area contributed by atoms with E-state index in [1.165, 1.54) is 17.0 Å². The summed E-state index contributed by atoms with van der Waals surface area (Å²) >= 11 is 0. The molecule has 0 saturated heterocycles. The Balaban J connectivity index is 1.99. The molecule has 1 heterocycles. The van der Waals surface area contributed by atoms with Gasteiger partial charge in [-0.3, -0.25) is 9.69 Å². The minimum Gasteiger partial charge on any atom is -0.285 e. The lowest BCUT2D eigenvalue weighted by Gasteiger charge is -2.20. The third-order valence-electron chi connectivity index (χ3n) is 4.18. The van der Waals surface area contributed by atoms with E-state index >= 15 is 0 Å². The standard InChI is InChI=1S/C19H11FN2O/c20-15-7-3-4-8-16(15)22-17(11-21)14-10-9-12-5-1-2-6-13(12)18(14)19(22)23/h1-10,17H. The van der Waals surface area contributed by atoms with Crippen LogP contribution in [0.1, 0.15) is 22.0 Å². The maximum absolute atomic E-state index is 14.2. The predicted molar refractivity (Wildman–Crippen MR) is 85.5 cm³/mol. The van der Waals surface area contributed by atoms with E-state index in [9.17, 15) is 14.4 Å². The molecule has 0 bridgehead atoms. The van der Waals surface area contributed by atoms with Crippen LogP contribution in [0.3, 0.4) is 0 Å². The molecule has 23 heavy (non-hydrogen) atoms. The second-order valence-electron chi connectivity index (χ2n) is 5.41. The predicted octanol–water partition coefficient (Wildman–Crippen LogP) is 4.20. The van der Waals surface area contributed by atoms with E-state index in [0.29, 0.717) is 11.1 Å². The van der Waals surface area contributed by atoms with Gasteiger partial charge in [0.25, 0.3) is 5.91 Å². The minimum atomic E-state index is -0.820. The first-order valence-corrected chi connectivity index (χ1v) is 7.21. The fourth-order valence-electron chi connectivity index (χ4n) is 3.15. The van der Waals surface area contributed by atoms with Gasteiger partial charge in [0.15, 0.2) is 6.04 Å². The Morgan fingerprint density at radius 2 is 1.74 bits per heavy atom. The van der Waals surface area contributed by atoms with Crippen LogP contribution in [0.15, 0.2) is 60.7 Å². The Kier molecular flexibility index (Phi) is 2.88. The lowest BCUT2D eigenvalue weighted by atomic mass is 9.98. The summed E-state index contributed by atoms with van der Waals surface area (Å²) in [4.78, 5) is 14.2. The fourth-order valence-corrected chi connectivity index (χ4v) is 3.15. The monoisotopic (exact) mass is 302 g/mol. The Morgan fingerprint density at radius 1 is 1.00 bits per heavy atom. The van der Waals surface area contributed by atoms with Crippen molar-refractivity contribution in [3.8, 4) is 6.07 Å². The number of hydrogen-bond donors (Lipinski definition) is 0. The number of para-hydroxylation sites is 1. The second-order valence-corrected chi connectivity index (χ2v) is 5.41. The van der Waals surface area contributed by atoms with Crippen LogP contribution in [0.4, 0.5) is 10.1 Å². The molecule has 0 spiro atoms. The highest BCUT2D eigenvalue weighted by atomic mass is 19.1. The third-order valence-corrected chi connectivity index (χ3v) is 4.18. The number of carbonyl (C=O) groups excluding carboxylic acids is 1. The maximum Gasteiger partial charge on any atom is 0.260 e. The first-order chi connectivity index (χ1) is 11.2. The van der Waals surface area contributed by atoms with Gasteiger partial charge < -0.3 is 0 Å². The Hall–Kier alpha value is -3.19. The molecule has 3 nitrogen and oxygen atoms in total. The first kappa shape index (κ1) is 13.5. The van der Waals surface area contributed by atoms with E-state index < -0.39 is 11.9 Å². The summed E-state index contributed by atoms with van der Waals surface area (Å²) in [5.41, 5.74) is 1.24. The second kappa shape index (κ2) is 4.92. The van der Waals surface area contributed by atoms with Gasteiger partial charge in [-0.1, -0.05) is 48.5 Å². The Morgan fingerprint density at radius 3 is 2.52 bits per heavy atom. The Labute approximate surface area is 132 Å². The minimum absolute atomic E-state index is 0.129. The van der Waals surface area contributed by atoms with Crippen molar-refractivity contribution in [2.75, 3.05) is 4.90 Å². The molecule has 4 rings (SSSR count). The zero-order valence-electron chi connectivity index (χ0n) is 12.0.